The van der Waals surface area contributed by atoms with E-state index in [9.17, 15) is 14.0 Å². The van der Waals surface area contributed by atoms with Crippen molar-refractivity contribution in [3.05, 3.63) is 71.7 Å². The van der Waals surface area contributed by atoms with Crippen molar-refractivity contribution >= 4 is 40.5 Å². The van der Waals surface area contributed by atoms with Crippen molar-refractivity contribution < 1.29 is 14.0 Å². The molecule has 0 saturated carbocycles. The number of hydrogen-bond donors (Lipinski definition) is 0. The maximum atomic E-state index is 13.4. The second kappa shape index (κ2) is 9.26. The minimum Gasteiger partial charge on any atom is -0.348 e. The summed E-state index contributed by atoms with van der Waals surface area (Å²) in [5.74, 6) is -0.725. The topological polar surface area (TPSA) is 53.0 Å². The average Bonchev–Trinajstić information content (AvgIpc) is 3.02. The molecule has 2 aromatic carbocycles. The quantitative estimate of drug-likeness (QED) is 0.667. The number of amides is 2. The predicted octanol–water partition coefficient (Wildman–Crippen LogP) is 4.42. The third kappa shape index (κ3) is 4.79. The number of carbonyl (C=O) groups is 2. The van der Waals surface area contributed by atoms with E-state index in [1.54, 1.807) is 20.2 Å². The van der Waals surface area contributed by atoms with E-state index in [0.717, 1.165) is 5.56 Å². The van der Waals surface area contributed by atoms with Gasteiger partial charge in [0, 0.05) is 14.1 Å². The Morgan fingerprint density at radius 1 is 1.10 bits per heavy atom. The molecule has 7 heteroatoms. The number of benzene rings is 2. The fourth-order valence-corrected chi connectivity index (χ4v) is 4.20. The first-order valence-electron chi connectivity index (χ1n) is 9.61. The zero-order valence-corrected chi connectivity index (χ0v) is 18.2. The zero-order valence-electron chi connectivity index (χ0n) is 17.4. The molecule has 1 aliphatic rings. The van der Waals surface area contributed by atoms with Gasteiger partial charge in [-0.3, -0.25) is 14.5 Å². The lowest BCUT2D eigenvalue weighted by Gasteiger charge is -2.25. The molecule has 2 aromatic rings. The lowest BCUT2D eigenvalue weighted by Crippen LogP contribution is -2.38. The first-order chi connectivity index (χ1) is 14.3. The van der Waals surface area contributed by atoms with E-state index in [4.69, 9.17) is 0 Å². The molecule has 0 radical (unpaired) electrons. The summed E-state index contributed by atoms with van der Waals surface area (Å²) in [6.45, 7) is 3.92. The van der Waals surface area contributed by atoms with Gasteiger partial charge in [0.25, 0.3) is 5.91 Å². The van der Waals surface area contributed by atoms with Crippen LogP contribution in [0.5, 0.6) is 0 Å². The monoisotopic (exact) mass is 425 g/mol. The largest absolute Gasteiger partial charge is 0.348 e. The molecule has 1 atom stereocenters. The van der Waals surface area contributed by atoms with Crippen molar-refractivity contribution in [3.63, 3.8) is 0 Å². The van der Waals surface area contributed by atoms with Gasteiger partial charge in [0.15, 0.2) is 5.17 Å². The summed E-state index contributed by atoms with van der Waals surface area (Å²) in [7, 11) is 3.41. The number of nitrogens with zero attached hydrogens (tertiary/aromatic N) is 3. The third-order valence-electron chi connectivity index (χ3n) is 4.54. The molecule has 2 amide bonds. The molecule has 1 aliphatic heterocycles. The Morgan fingerprint density at radius 3 is 2.30 bits per heavy atom. The Labute approximate surface area is 180 Å². The van der Waals surface area contributed by atoms with Crippen molar-refractivity contribution in [1.82, 2.24) is 4.90 Å². The van der Waals surface area contributed by atoms with Crippen LogP contribution in [-0.4, -0.2) is 41.2 Å². The number of rotatable bonds is 5. The minimum absolute atomic E-state index is 0.0277. The van der Waals surface area contributed by atoms with E-state index in [1.807, 2.05) is 44.2 Å². The second-order valence-electron chi connectivity index (χ2n) is 7.47. The predicted molar refractivity (Wildman–Crippen MR) is 121 cm³/mol. The van der Waals surface area contributed by atoms with Gasteiger partial charge in [-0.1, -0.05) is 55.9 Å². The third-order valence-corrected chi connectivity index (χ3v) is 6.02. The number of thioether (sulfide) groups is 1. The Hall–Kier alpha value is -2.93. The molecule has 5 nitrogen and oxygen atoms in total. The highest BCUT2D eigenvalue weighted by molar-refractivity contribution is 8.15. The Kier molecular flexibility index (Phi) is 6.72. The molecule has 0 spiro atoms. The van der Waals surface area contributed by atoms with E-state index in [2.05, 4.69) is 4.99 Å². The first-order valence-corrected chi connectivity index (χ1v) is 10.5. The maximum absolute atomic E-state index is 13.4. The fourth-order valence-electron chi connectivity index (χ4n) is 2.94. The van der Waals surface area contributed by atoms with Crippen LogP contribution in [0.4, 0.5) is 10.1 Å². The lowest BCUT2D eigenvalue weighted by molar-refractivity contribution is -0.128. The van der Waals surface area contributed by atoms with E-state index in [-0.39, 0.29) is 29.2 Å². The van der Waals surface area contributed by atoms with Crippen molar-refractivity contribution in [2.24, 2.45) is 10.9 Å². The van der Waals surface area contributed by atoms with Gasteiger partial charge >= 0.3 is 0 Å². The van der Waals surface area contributed by atoms with Gasteiger partial charge in [-0.15, -0.1) is 0 Å². The van der Waals surface area contributed by atoms with Crippen LogP contribution < -0.4 is 4.90 Å². The van der Waals surface area contributed by atoms with Gasteiger partial charge in [0.05, 0.1) is 10.9 Å². The molecular formula is C23H24FN3O2S. The summed E-state index contributed by atoms with van der Waals surface area (Å²) in [5, 5.41) is -0.00624. The van der Waals surface area contributed by atoms with Gasteiger partial charge in [-0.05, 0) is 41.8 Å². The normalized spacial score (nSPS) is 16.2. The average molecular weight is 426 g/mol. The number of hydrogen-bond acceptors (Lipinski definition) is 4. The highest BCUT2D eigenvalue weighted by Crippen LogP contribution is 2.33. The van der Waals surface area contributed by atoms with Crippen molar-refractivity contribution in [2.75, 3.05) is 19.0 Å². The van der Waals surface area contributed by atoms with Gasteiger partial charge in [0.2, 0.25) is 5.91 Å². The molecular weight excluding hydrogens is 401 g/mol. The van der Waals surface area contributed by atoms with Crippen LogP contribution in [0.2, 0.25) is 0 Å². The summed E-state index contributed by atoms with van der Waals surface area (Å²) in [6.07, 6.45) is 1.71. The van der Waals surface area contributed by atoms with Crippen LogP contribution in [0.3, 0.4) is 0 Å². The molecule has 0 N–H and O–H groups in total. The summed E-state index contributed by atoms with van der Waals surface area (Å²) < 4.78 is 13.4. The highest BCUT2D eigenvalue weighted by Gasteiger charge is 2.36. The zero-order chi connectivity index (χ0) is 21.8. The van der Waals surface area contributed by atoms with E-state index in [1.165, 1.54) is 45.8 Å². The minimum atomic E-state index is -0.412. The number of carbonyl (C=O) groups excluding carboxylic acids is 2. The molecule has 3 rings (SSSR count). The van der Waals surface area contributed by atoms with Crippen LogP contribution in [0.1, 0.15) is 19.4 Å². The summed E-state index contributed by atoms with van der Waals surface area (Å²) in [6, 6.07) is 15.1. The summed E-state index contributed by atoms with van der Waals surface area (Å²) in [4.78, 5) is 33.4. The molecule has 0 aliphatic carbocycles. The summed E-state index contributed by atoms with van der Waals surface area (Å²) >= 11 is 1.25. The molecule has 156 valence electrons. The molecule has 1 unspecified atom stereocenters. The molecule has 0 saturated heterocycles. The Bertz CT molecular complexity index is 985. The van der Waals surface area contributed by atoms with E-state index >= 15 is 0 Å². The van der Waals surface area contributed by atoms with Gasteiger partial charge in [-0.25, -0.2) is 9.38 Å². The van der Waals surface area contributed by atoms with Crippen LogP contribution in [0.15, 0.2) is 65.3 Å². The molecule has 30 heavy (non-hydrogen) atoms. The second-order valence-corrected chi connectivity index (χ2v) is 8.58. The number of anilines is 1. The van der Waals surface area contributed by atoms with Crippen LogP contribution in [-0.2, 0) is 9.59 Å². The number of amidine groups is 1. The standard InChI is InChI=1S/C23H24FN3O2S/c1-15(2)20(22(29)26(3)4)30-23-25-19(14-16-8-6-5-7-9-16)21(28)27(23)18-12-10-17(24)11-13-18/h5-15,20H,1-4H3/b19-14+. The van der Waals surface area contributed by atoms with Gasteiger partial charge in [0.1, 0.15) is 11.5 Å². The smallest absolute Gasteiger partial charge is 0.283 e. The highest BCUT2D eigenvalue weighted by atomic mass is 32.2. The number of halogens is 1. The van der Waals surface area contributed by atoms with Crippen molar-refractivity contribution in [1.29, 1.82) is 0 Å². The van der Waals surface area contributed by atoms with Gasteiger partial charge < -0.3 is 4.90 Å². The Morgan fingerprint density at radius 2 is 1.73 bits per heavy atom. The van der Waals surface area contributed by atoms with Crippen LogP contribution in [0, 0.1) is 11.7 Å². The number of aliphatic imine (C=N–C) groups is 1. The van der Waals surface area contributed by atoms with Crippen LogP contribution in [0.25, 0.3) is 6.08 Å². The van der Waals surface area contributed by atoms with E-state index in [0.29, 0.717) is 10.9 Å². The van der Waals surface area contributed by atoms with Crippen molar-refractivity contribution in [3.8, 4) is 0 Å². The molecule has 0 bridgehead atoms. The SMILES string of the molecule is CC(C)C(SC1=N/C(=C/c2ccccc2)C(=O)N1c1ccc(F)cc1)C(=O)N(C)C. The molecule has 0 fully saturated rings. The summed E-state index contributed by atoms with van der Waals surface area (Å²) in [5.41, 5.74) is 1.62. The molecule has 1 heterocycles. The van der Waals surface area contributed by atoms with E-state index < -0.39 is 5.25 Å². The van der Waals surface area contributed by atoms with Crippen molar-refractivity contribution in [2.45, 2.75) is 19.1 Å². The first kappa shape index (κ1) is 21.8. The Balaban J connectivity index is 2.02. The fraction of sp³-hybridized carbons (Fsp3) is 0.261. The maximum Gasteiger partial charge on any atom is 0.283 e. The van der Waals surface area contributed by atoms with Crippen LogP contribution >= 0.6 is 11.8 Å². The lowest BCUT2D eigenvalue weighted by atomic mass is 10.1. The molecule has 0 aromatic heterocycles. The van der Waals surface area contributed by atoms with Gasteiger partial charge in [-0.2, -0.15) is 0 Å².